The van der Waals surface area contributed by atoms with Gasteiger partial charge >= 0.3 is 0 Å². The van der Waals surface area contributed by atoms with Gasteiger partial charge in [-0.25, -0.2) is 24.1 Å². The number of aromatic nitrogens is 3. The summed E-state index contributed by atoms with van der Waals surface area (Å²) < 4.78 is 25.8. The van der Waals surface area contributed by atoms with Crippen LogP contribution in [0.3, 0.4) is 0 Å². The average molecular weight is 477 g/mol. The molecule has 3 aromatic rings. The molecular formula is C20H21ClN6O4S. The number of nitrogens with two attached hydrogens (primary N) is 1. The second kappa shape index (κ2) is 8.15. The van der Waals surface area contributed by atoms with E-state index in [2.05, 4.69) is 15.3 Å². The fraction of sp³-hybridized carbons (Fsp3) is 0.300. The molecule has 0 aliphatic heterocycles. The molecule has 32 heavy (non-hydrogen) atoms. The molecule has 4 rings (SSSR count). The molecule has 1 aliphatic carbocycles. The Morgan fingerprint density at radius 3 is 2.75 bits per heavy atom. The van der Waals surface area contributed by atoms with Crippen molar-refractivity contribution in [3.05, 3.63) is 63.3 Å². The first-order valence-corrected chi connectivity index (χ1v) is 11.7. The number of hydrogen-bond donors (Lipinski definition) is 3. The Morgan fingerprint density at radius 1 is 1.38 bits per heavy atom. The van der Waals surface area contributed by atoms with Gasteiger partial charge in [-0.2, -0.15) is 0 Å². The summed E-state index contributed by atoms with van der Waals surface area (Å²) in [6.45, 7) is 0.145. The molecule has 1 aliphatic rings. The molecule has 168 valence electrons. The van der Waals surface area contributed by atoms with E-state index < -0.39 is 26.1 Å². The number of halogens is 1. The lowest BCUT2D eigenvalue weighted by molar-refractivity contribution is 0.0949. The maximum Gasteiger partial charge on any atom is 0.263 e. The van der Waals surface area contributed by atoms with Crippen LogP contribution >= 0.6 is 11.6 Å². The zero-order chi connectivity index (χ0) is 23.1. The molecule has 1 atom stereocenters. The number of pyridine rings is 3. The summed E-state index contributed by atoms with van der Waals surface area (Å²) >= 11 is 5.76. The Kier molecular flexibility index (Phi) is 5.65. The Morgan fingerprint density at radius 2 is 2.12 bits per heavy atom. The third-order valence-corrected chi connectivity index (χ3v) is 7.54. The quantitative estimate of drug-likeness (QED) is 0.441. The molecule has 1 unspecified atom stereocenters. The van der Waals surface area contributed by atoms with Gasteiger partial charge in [0.25, 0.3) is 11.5 Å². The predicted molar refractivity (Wildman–Crippen MR) is 120 cm³/mol. The van der Waals surface area contributed by atoms with Crippen LogP contribution in [0.5, 0.6) is 5.88 Å². The summed E-state index contributed by atoms with van der Waals surface area (Å²) in [6, 6.07) is 6.48. The van der Waals surface area contributed by atoms with Gasteiger partial charge in [0.15, 0.2) is 0 Å². The number of amides is 1. The second-order valence-electron chi connectivity index (χ2n) is 7.72. The van der Waals surface area contributed by atoms with Crippen molar-refractivity contribution in [1.82, 2.24) is 19.9 Å². The van der Waals surface area contributed by atoms with E-state index in [0.29, 0.717) is 28.9 Å². The molecule has 1 amide bonds. The summed E-state index contributed by atoms with van der Waals surface area (Å²) in [7, 11) is -1.75. The van der Waals surface area contributed by atoms with E-state index in [-0.39, 0.29) is 24.6 Å². The van der Waals surface area contributed by atoms with E-state index >= 15 is 0 Å². The van der Waals surface area contributed by atoms with Crippen LogP contribution in [-0.4, -0.2) is 36.0 Å². The third-order valence-electron chi connectivity index (χ3n) is 5.50. The highest BCUT2D eigenvalue weighted by Gasteiger charge is 2.51. The van der Waals surface area contributed by atoms with E-state index in [1.807, 2.05) is 0 Å². The first-order chi connectivity index (χ1) is 15.1. The minimum Gasteiger partial charge on any atom is -0.474 e. The summed E-state index contributed by atoms with van der Waals surface area (Å²) in [6.07, 6.45) is 4.09. The second-order valence-corrected chi connectivity index (χ2v) is 10.2. The summed E-state index contributed by atoms with van der Waals surface area (Å²) in [5, 5.41) is 9.14. The fourth-order valence-electron chi connectivity index (χ4n) is 3.33. The Balaban J connectivity index is 1.60. The zero-order valence-corrected chi connectivity index (χ0v) is 18.7. The van der Waals surface area contributed by atoms with E-state index in [1.165, 1.54) is 23.9 Å². The van der Waals surface area contributed by atoms with Crippen LogP contribution in [0.2, 0.25) is 5.15 Å². The monoisotopic (exact) mass is 476 g/mol. The largest absolute Gasteiger partial charge is 0.474 e. The highest BCUT2D eigenvalue weighted by Crippen LogP contribution is 2.42. The number of carbonyl (C=O) groups is 1. The minimum atomic E-state index is -3.27. The van der Waals surface area contributed by atoms with Gasteiger partial charge in [0.1, 0.15) is 37.5 Å². The molecule has 3 heterocycles. The number of aryl methyl sites for hydroxylation is 1. The first kappa shape index (κ1) is 22.2. The van der Waals surface area contributed by atoms with Gasteiger partial charge in [-0.1, -0.05) is 17.7 Å². The molecule has 0 bridgehead atoms. The normalized spacial score (nSPS) is 16.3. The molecule has 0 saturated heterocycles. The number of rotatable bonds is 7. The van der Waals surface area contributed by atoms with Crippen molar-refractivity contribution in [2.24, 2.45) is 12.2 Å². The van der Waals surface area contributed by atoms with Gasteiger partial charge in [0.2, 0.25) is 5.88 Å². The maximum atomic E-state index is 12.9. The number of hydrogen-bond acceptors (Lipinski definition) is 7. The van der Waals surface area contributed by atoms with Gasteiger partial charge in [-0.3, -0.25) is 9.59 Å². The maximum absolute atomic E-state index is 12.9. The third kappa shape index (κ3) is 4.18. The number of carbonyl (C=O) groups excluding carboxylic acids is 1. The van der Waals surface area contributed by atoms with E-state index in [4.69, 9.17) is 26.3 Å². The summed E-state index contributed by atoms with van der Waals surface area (Å²) in [5.41, 5.74) is 0.570. The van der Waals surface area contributed by atoms with Crippen molar-refractivity contribution in [2.45, 2.75) is 24.1 Å². The van der Waals surface area contributed by atoms with Crippen molar-refractivity contribution < 1.29 is 13.7 Å². The number of fused-ring (bicyclic) bond motifs is 1. The van der Waals surface area contributed by atoms with E-state index in [1.54, 1.807) is 24.4 Å². The lowest BCUT2D eigenvalue weighted by atomic mass is 10.1. The minimum absolute atomic E-state index is 0.0335. The number of ether oxygens (including phenoxy) is 1. The van der Waals surface area contributed by atoms with E-state index in [0.717, 1.165) is 5.56 Å². The highest BCUT2D eigenvalue weighted by atomic mass is 35.5. The molecule has 4 N–H and O–H groups in total. The fourth-order valence-corrected chi connectivity index (χ4v) is 4.39. The molecule has 0 spiro atoms. The van der Waals surface area contributed by atoms with Crippen LogP contribution in [0, 0.1) is 4.78 Å². The smallest absolute Gasteiger partial charge is 0.263 e. The Bertz CT molecular complexity index is 1370. The van der Waals surface area contributed by atoms with Gasteiger partial charge in [0.05, 0.1) is 0 Å². The van der Waals surface area contributed by atoms with Crippen LogP contribution in [-0.2, 0) is 23.5 Å². The van der Waals surface area contributed by atoms with Crippen LogP contribution in [0.15, 0.2) is 41.5 Å². The van der Waals surface area contributed by atoms with Crippen LogP contribution in [0.4, 0.5) is 0 Å². The molecule has 3 aromatic heterocycles. The van der Waals surface area contributed by atoms with E-state index in [9.17, 15) is 13.8 Å². The summed E-state index contributed by atoms with van der Waals surface area (Å²) in [4.78, 5) is 33.7. The van der Waals surface area contributed by atoms with Crippen LogP contribution < -0.4 is 20.8 Å². The van der Waals surface area contributed by atoms with Gasteiger partial charge in [0, 0.05) is 31.4 Å². The molecule has 10 nitrogen and oxygen atoms in total. The van der Waals surface area contributed by atoms with Gasteiger partial charge < -0.3 is 14.6 Å². The first-order valence-electron chi connectivity index (χ1n) is 9.68. The molecule has 1 fully saturated rings. The highest BCUT2D eigenvalue weighted by molar-refractivity contribution is 7.91. The standard InChI is InChI=1S/C20H21ClN6O4S/c1-27-16-13(4-7-24-18(16)31-11-20(5-6-20)32(22,23)30)8-14(19(27)29)17(28)26-10-12-2-3-15(21)25-9-12/h2-4,7-9H,5-6,10-11H2,1H3,(H,26,28)(H3,22,23,30). The van der Waals surface area contributed by atoms with Crippen molar-refractivity contribution in [3.8, 4) is 5.88 Å². The van der Waals surface area contributed by atoms with Crippen molar-refractivity contribution in [3.63, 3.8) is 0 Å². The summed E-state index contributed by atoms with van der Waals surface area (Å²) in [5.74, 6) is -0.382. The van der Waals surface area contributed by atoms with Crippen LogP contribution in [0.1, 0.15) is 28.8 Å². The Hall–Kier alpha value is -3.02. The lowest BCUT2D eigenvalue weighted by Gasteiger charge is -2.17. The molecule has 0 radical (unpaired) electrons. The Labute approximate surface area is 188 Å². The van der Waals surface area contributed by atoms with Crippen molar-refractivity contribution in [1.29, 1.82) is 4.78 Å². The predicted octanol–water partition coefficient (Wildman–Crippen LogP) is 1.74. The average Bonchev–Trinajstić information content (AvgIpc) is 3.55. The van der Waals surface area contributed by atoms with Crippen molar-refractivity contribution in [2.75, 3.05) is 6.61 Å². The number of nitrogens with one attached hydrogen (secondary N) is 2. The van der Waals surface area contributed by atoms with Gasteiger partial charge in [-0.05, 0) is 36.6 Å². The SMILES string of the molecule is Cn1c(=O)c(C(=O)NCc2ccc(Cl)nc2)cc2ccnc(OCC3(S(=N)(N)=O)CC3)c21. The lowest BCUT2D eigenvalue weighted by Crippen LogP contribution is -2.35. The molecule has 1 saturated carbocycles. The van der Waals surface area contributed by atoms with Gasteiger partial charge in [-0.15, -0.1) is 0 Å². The topological polar surface area (TPSA) is 153 Å². The zero-order valence-electron chi connectivity index (χ0n) is 17.1. The molecular weight excluding hydrogens is 456 g/mol. The van der Waals surface area contributed by atoms with Crippen LogP contribution in [0.25, 0.3) is 10.9 Å². The van der Waals surface area contributed by atoms with Crippen molar-refractivity contribution >= 4 is 38.3 Å². The molecule has 0 aromatic carbocycles. The number of nitrogens with zero attached hydrogens (tertiary/aromatic N) is 3. The molecule has 12 heteroatoms.